The summed E-state index contributed by atoms with van der Waals surface area (Å²) in [6.45, 7) is 5.18. The van der Waals surface area contributed by atoms with Crippen molar-refractivity contribution in [1.29, 1.82) is 0 Å². The van der Waals surface area contributed by atoms with E-state index in [9.17, 15) is 4.79 Å². The fraction of sp³-hybridized carbons (Fsp3) is 0.522. The third-order valence-corrected chi connectivity index (χ3v) is 6.74. The van der Waals surface area contributed by atoms with Crippen LogP contribution in [0.3, 0.4) is 0 Å². The minimum Gasteiger partial charge on any atom is -0.496 e. The number of aromatic nitrogens is 2. The predicted octanol–water partition coefficient (Wildman–Crippen LogP) is 2.47. The van der Waals surface area contributed by atoms with Crippen molar-refractivity contribution in [3.8, 4) is 5.75 Å². The molecular formula is C23H29N5O2. The van der Waals surface area contributed by atoms with E-state index in [-0.39, 0.29) is 5.91 Å². The van der Waals surface area contributed by atoms with E-state index in [1.807, 2.05) is 29.2 Å². The first-order valence-corrected chi connectivity index (χ1v) is 11.0. The Morgan fingerprint density at radius 2 is 1.57 bits per heavy atom. The second-order valence-corrected chi connectivity index (χ2v) is 8.49. The number of nitrogens with zero attached hydrogens (tertiary/aromatic N) is 5. The highest BCUT2D eigenvalue weighted by Gasteiger charge is 2.54. The van der Waals surface area contributed by atoms with Crippen LogP contribution in [0, 0.1) is 0 Å². The molecule has 1 aromatic heterocycles. The van der Waals surface area contributed by atoms with Crippen LogP contribution in [0.15, 0.2) is 36.7 Å². The average molecular weight is 408 g/mol. The highest BCUT2D eigenvalue weighted by Crippen LogP contribution is 2.52. The van der Waals surface area contributed by atoms with Gasteiger partial charge < -0.3 is 19.4 Å². The molecule has 2 aromatic rings. The van der Waals surface area contributed by atoms with Gasteiger partial charge in [-0.1, -0.05) is 18.2 Å². The summed E-state index contributed by atoms with van der Waals surface area (Å²) in [4.78, 5) is 29.0. The number of hydrogen-bond acceptors (Lipinski definition) is 6. The number of amides is 1. The molecule has 7 heteroatoms. The molecule has 30 heavy (non-hydrogen) atoms. The number of carbonyl (C=O) groups is 1. The maximum Gasteiger partial charge on any atom is 0.233 e. The molecule has 7 nitrogen and oxygen atoms in total. The summed E-state index contributed by atoms with van der Waals surface area (Å²) in [6.07, 6.45) is 5.93. The van der Waals surface area contributed by atoms with Crippen LogP contribution in [-0.2, 0) is 10.2 Å². The molecule has 3 heterocycles. The fourth-order valence-electron chi connectivity index (χ4n) is 4.83. The first-order chi connectivity index (χ1) is 14.7. The van der Waals surface area contributed by atoms with Crippen molar-refractivity contribution in [3.63, 3.8) is 0 Å². The minimum absolute atomic E-state index is 0.243. The van der Waals surface area contributed by atoms with E-state index in [4.69, 9.17) is 4.74 Å². The van der Waals surface area contributed by atoms with Gasteiger partial charge in [-0.15, -0.1) is 0 Å². The van der Waals surface area contributed by atoms with Gasteiger partial charge in [0.05, 0.1) is 12.5 Å². The lowest BCUT2D eigenvalue weighted by Gasteiger charge is -2.37. The van der Waals surface area contributed by atoms with Crippen LogP contribution in [0.5, 0.6) is 5.75 Å². The maximum absolute atomic E-state index is 13.4. The Morgan fingerprint density at radius 1 is 0.933 bits per heavy atom. The fourth-order valence-corrected chi connectivity index (χ4v) is 4.83. The van der Waals surface area contributed by atoms with Gasteiger partial charge in [0.25, 0.3) is 0 Å². The van der Waals surface area contributed by atoms with E-state index >= 15 is 0 Å². The van der Waals surface area contributed by atoms with E-state index in [1.54, 1.807) is 13.4 Å². The number of ether oxygens (including phenoxy) is 1. The Morgan fingerprint density at radius 3 is 2.20 bits per heavy atom. The van der Waals surface area contributed by atoms with Gasteiger partial charge >= 0.3 is 0 Å². The molecule has 158 valence electrons. The van der Waals surface area contributed by atoms with Crippen LogP contribution >= 0.6 is 0 Å². The lowest BCUT2D eigenvalue weighted by molar-refractivity contribution is -0.134. The molecule has 5 rings (SSSR count). The second-order valence-electron chi connectivity index (χ2n) is 8.49. The molecule has 0 unspecified atom stereocenters. The Kier molecular flexibility index (Phi) is 4.97. The van der Waals surface area contributed by atoms with Gasteiger partial charge in [0.1, 0.15) is 23.7 Å². The zero-order chi connectivity index (χ0) is 20.6. The van der Waals surface area contributed by atoms with Gasteiger partial charge in [-0.3, -0.25) is 4.79 Å². The molecule has 0 atom stereocenters. The molecule has 1 saturated carbocycles. The molecule has 1 aliphatic carbocycles. The summed E-state index contributed by atoms with van der Waals surface area (Å²) in [5.74, 6) is 3.04. The molecular weight excluding hydrogens is 378 g/mol. The van der Waals surface area contributed by atoms with Crippen molar-refractivity contribution in [1.82, 2.24) is 14.9 Å². The topological polar surface area (TPSA) is 61.8 Å². The lowest BCUT2D eigenvalue weighted by Crippen LogP contribution is -2.51. The van der Waals surface area contributed by atoms with Gasteiger partial charge in [0.2, 0.25) is 5.91 Å². The Hall–Kier alpha value is -2.83. The monoisotopic (exact) mass is 407 g/mol. The van der Waals surface area contributed by atoms with Gasteiger partial charge in [0.15, 0.2) is 0 Å². The normalized spacial score (nSPS) is 20.4. The quantitative estimate of drug-likeness (QED) is 0.759. The standard InChI is InChI=1S/C23H29N5O2/c1-30-19-7-3-2-6-18(19)23(8-9-23)22(29)28-14-12-27(13-15-28)21-16-20(24-17-25-21)26-10-4-5-11-26/h2-3,6-7,16-17H,4-5,8-15H2,1H3. The van der Waals surface area contributed by atoms with Crippen molar-refractivity contribution in [2.75, 3.05) is 56.2 Å². The summed E-state index contributed by atoms with van der Waals surface area (Å²) >= 11 is 0. The first kappa shape index (κ1) is 19.2. The molecule has 0 radical (unpaired) electrons. The van der Waals surface area contributed by atoms with Crippen molar-refractivity contribution < 1.29 is 9.53 Å². The van der Waals surface area contributed by atoms with Crippen molar-refractivity contribution in [3.05, 3.63) is 42.2 Å². The zero-order valence-electron chi connectivity index (χ0n) is 17.6. The van der Waals surface area contributed by atoms with Crippen LogP contribution < -0.4 is 14.5 Å². The molecule has 2 aliphatic heterocycles. The molecule has 3 fully saturated rings. The van der Waals surface area contributed by atoms with Crippen molar-refractivity contribution in [2.24, 2.45) is 0 Å². The highest BCUT2D eigenvalue weighted by atomic mass is 16.5. The van der Waals surface area contributed by atoms with E-state index in [2.05, 4.69) is 25.8 Å². The summed E-state index contributed by atoms with van der Waals surface area (Å²) in [6, 6.07) is 10.0. The van der Waals surface area contributed by atoms with E-state index in [1.165, 1.54) is 12.8 Å². The Labute approximate surface area is 177 Å². The number of carbonyl (C=O) groups excluding carboxylic acids is 1. The van der Waals surface area contributed by atoms with Gasteiger partial charge in [-0.05, 0) is 31.7 Å². The third kappa shape index (κ3) is 3.36. The maximum atomic E-state index is 13.4. The SMILES string of the molecule is COc1ccccc1C1(C(=O)N2CCN(c3cc(N4CCCC4)ncn3)CC2)CC1. The van der Waals surface area contributed by atoms with Crippen molar-refractivity contribution in [2.45, 2.75) is 31.1 Å². The molecule has 1 amide bonds. The number of anilines is 2. The summed E-state index contributed by atoms with van der Waals surface area (Å²) in [5.41, 5.74) is 0.637. The van der Waals surface area contributed by atoms with Gasteiger partial charge in [0, 0.05) is 50.9 Å². The largest absolute Gasteiger partial charge is 0.496 e. The van der Waals surface area contributed by atoms with Crippen molar-refractivity contribution >= 4 is 17.5 Å². The Balaban J connectivity index is 1.26. The minimum atomic E-state index is -0.396. The molecule has 3 aliphatic rings. The lowest BCUT2D eigenvalue weighted by atomic mass is 9.93. The smallest absolute Gasteiger partial charge is 0.233 e. The highest BCUT2D eigenvalue weighted by molar-refractivity contribution is 5.92. The van der Waals surface area contributed by atoms with Crippen LogP contribution in [-0.4, -0.2) is 67.2 Å². The van der Waals surface area contributed by atoms with Crippen LogP contribution in [0.1, 0.15) is 31.2 Å². The summed E-state index contributed by atoms with van der Waals surface area (Å²) in [5, 5.41) is 0. The third-order valence-electron chi connectivity index (χ3n) is 6.74. The number of para-hydroxylation sites is 1. The van der Waals surface area contributed by atoms with E-state index in [0.717, 1.165) is 75.1 Å². The number of piperazine rings is 1. The van der Waals surface area contributed by atoms with Gasteiger partial charge in [-0.25, -0.2) is 9.97 Å². The molecule has 1 aromatic carbocycles. The van der Waals surface area contributed by atoms with Crippen LogP contribution in [0.2, 0.25) is 0 Å². The molecule has 0 N–H and O–H groups in total. The zero-order valence-corrected chi connectivity index (χ0v) is 17.6. The summed E-state index contributed by atoms with van der Waals surface area (Å²) in [7, 11) is 1.68. The first-order valence-electron chi connectivity index (χ1n) is 11.0. The van der Waals surface area contributed by atoms with Crippen LogP contribution in [0.25, 0.3) is 0 Å². The number of methoxy groups -OCH3 is 1. The molecule has 0 bridgehead atoms. The average Bonchev–Trinajstić information content (AvgIpc) is 3.43. The number of rotatable bonds is 5. The molecule has 0 spiro atoms. The molecule has 2 saturated heterocycles. The van der Waals surface area contributed by atoms with E-state index in [0.29, 0.717) is 0 Å². The number of hydrogen-bond donors (Lipinski definition) is 0. The van der Waals surface area contributed by atoms with Gasteiger partial charge in [-0.2, -0.15) is 0 Å². The summed E-state index contributed by atoms with van der Waals surface area (Å²) < 4.78 is 5.54. The predicted molar refractivity (Wildman–Crippen MR) is 116 cm³/mol. The van der Waals surface area contributed by atoms with E-state index < -0.39 is 5.41 Å². The Bertz CT molecular complexity index is 915. The number of benzene rings is 1. The second kappa shape index (κ2) is 7.78. The van der Waals surface area contributed by atoms with Crippen LogP contribution in [0.4, 0.5) is 11.6 Å².